The first kappa shape index (κ1) is 20.9. The lowest BCUT2D eigenvalue weighted by atomic mass is 10.0. The Morgan fingerprint density at radius 2 is 1.79 bits per heavy atom. The third-order valence-electron chi connectivity index (χ3n) is 5.74. The number of hydrogen-bond donors (Lipinski definition) is 2. The quantitative estimate of drug-likeness (QED) is 0.383. The molecule has 2 atom stereocenters. The number of pyridine rings is 1. The van der Waals surface area contributed by atoms with E-state index < -0.39 is 5.97 Å². The van der Waals surface area contributed by atoms with Crippen molar-refractivity contribution in [2.75, 3.05) is 4.90 Å². The molecular weight excluding hydrogens is 434 g/mol. The molecule has 1 aliphatic rings. The van der Waals surface area contributed by atoms with Crippen LogP contribution in [0.25, 0.3) is 11.3 Å². The van der Waals surface area contributed by atoms with Gasteiger partial charge in [0.2, 0.25) is 0 Å². The number of furan rings is 1. The zero-order valence-corrected chi connectivity index (χ0v) is 18.6. The Morgan fingerprint density at radius 1 is 1.03 bits per heavy atom. The standard InChI is InChI=1S/C26H21N3O3S/c1-16-5-11-19(12-6-16)29-24(23(28-26(29)33)20-4-2-3-15-27-20)22-14-13-21(32-22)17-7-9-18(10-8-17)25(30)31/h2-15,23-24H,1H3,(H,28,33)(H,30,31)/t23-,24+/m0/s1. The van der Waals surface area contributed by atoms with Crippen LogP contribution in [0.3, 0.4) is 0 Å². The van der Waals surface area contributed by atoms with Crippen molar-refractivity contribution in [2.45, 2.75) is 19.0 Å². The largest absolute Gasteiger partial charge is 0.478 e. The van der Waals surface area contributed by atoms with Crippen molar-refractivity contribution >= 4 is 29.0 Å². The van der Waals surface area contributed by atoms with Crippen LogP contribution in [0.1, 0.15) is 39.5 Å². The van der Waals surface area contributed by atoms with E-state index in [0.717, 1.165) is 22.7 Å². The van der Waals surface area contributed by atoms with E-state index in [1.165, 1.54) is 5.56 Å². The summed E-state index contributed by atoms with van der Waals surface area (Å²) in [6.07, 6.45) is 1.77. The van der Waals surface area contributed by atoms with Crippen molar-refractivity contribution in [1.82, 2.24) is 10.3 Å². The van der Waals surface area contributed by atoms with Crippen LogP contribution in [0.15, 0.2) is 89.5 Å². The molecule has 0 spiro atoms. The molecule has 0 radical (unpaired) electrons. The number of carboxylic acid groups (broad SMARTS) is 1. The lowest BCUT2D eigenvalue weighted by Gasteiger charge is -2.26. The molecule has 2 aromatic heterocycles. The Kier molecular flexibility index (Phi) is 5.40. The molecule has 3 heterocycles. The molecule has 0 bridgehead atoms. The number of carbonyl (C=O) groups is 1. The second-order valence-corrected chi connectivity index (χ2v) is 8.30. The van der Waals surface area contributed by atoms with Gasteiger partial charge in [-0.25, -0.2) is 4.79 Å². The normalized spacial score (nSPS) is 17.7. The summed E-state index contributed by atoms with van der Waals surface area (Å²) in [4.78, 5) is 17.8. The second-order valence-electron chi connectivity index (χ2n) is 7.92. The molecule has 1 fully saturated rings. The van der Waals surface area contributed by atoms with Crippen molar-refractivity contribution in [3.63, 3.8) is 0 Å². The van der Waals surface area contributed by atoms with E-state index in [9.17, 15) is 4.79 Å². The minimum absolute atomic E-state index is 0.201. The van der Waals surface area contributed by atoms with Crippen LogP contribution < -0.4 is 10.2 Å². The first-order valence-corrected chi connectivity index (χ1v) is 10.9. The smallest absolute Gasteiger partial charge is 0.335 e. The molecule has 0 saturated carbocycles. The number of aryl methyl sites for hydroxylation is 1. The molecule has 6 nitrogen and oxygen atoms in total. The zero-order chi connectivity index (χ0) is 22.9. The maximum Gasteiger partial charge on any atom is 0.335 e. The number of nitrogens with one attached hydrogen (secondary N) is 1. The number of nitrogens with zero attached hydrogens (tertiary/aromatic N) is 2. The number of aromatic carboxylic acids is 1. The van der Waals surface area contributed by atoms with Crippen molar-refractivity contribution in [3.8, 4) is 11.3 Å². The maximum absolute atomic E-state index is 11.2. The van der Waals surface area contributed by atoms with Crippen LogP contribution in [0, 0.1) is 6.92 Å². The minimum atomic E-state index is -0.959. The summed E-state index contributed by atoms with van der Waals surface area (Å²) in [6.45, 7) is 2.05. The van der Waals surface area contributed by atoms with Gasteiger partial charge in [0.15, 0.2) is 5.11 Å². The van der Waals surface area contributed by atoms with E-state index in [4.69, 9.17) is 21.7 Å². The van der Waals surface area contributed by atoms with Crippen molar-refractivity contribution in [1.29, 1.82) is 0 Å². The average Bonchev–Trinajstić information content (AvgIpc) is 3.45. The van der Waals surface area contributed by atoms with Gasteiger partial charge in [-0.15, -0.1) is 0 Å². The van der Waals surface area contributed by atoms with Crippen molar-refractivity contribution in [2.24, 2.45) is 0 Å². The van der Waals surface area contributed by atoms with E-state index >= 15 is 0 Å². The van der Waals surface area contributed by atoms with Crippen LogP contribution in [0.2, 0.25) is 0 Å². The second kappa shape index (κ2) is 8.52. The Morgan fingerprint density at radius 3 is 2.45 bits per heavy atom. The van der Waals surface area contributed by atoms with Gasteiger partial charge in [0, 0.05) is 17.4 Å². The number of anilines is 1. The van der Waals surface area contributed by atoms with Crippen LogP contribution in [0.4, 0.5) is 5.69 Å². The van der Waals surface area contributed by atoms with Gasteiger partial charge in [0.25, 0.3) is 0 Å². The maximum atomic E-state index is 11.2. The molecule has 0 amide bonds. The highest BCUT2D eigenvalue weighted by molar-refractivity contribution is 7.80. The van der Waals surface area contributed by atoms with Gasteiger partial charge in [-0.3, -0.25) is 4.98 Å². The van der Waals surface area contributed by atoms with E-state index in [2.05, 4.69) is 27.3 Å². The fourth-order valence-corrected chi connectivity index (χ4v) is 4.42. The Hall–Kier alpha value is -3.97. The van der Waals surface area contributed by atoms with Gasteiger partial charge >= 0.3 is 5.97 Å². The Labute approximate surface area is 196 Å². The SMILES string of the molecule is Cc1ccc(N2C(=S)N[C@@H](c3ccccn3)[C@H]2c2ccc(-c3ccc(C(=O)O)cc3)o2)cc1. The number of benzene rings is 2. The molecule has 164 valence electrons. The molecule has 2 N–H and O–H groups in total. The molecule has 0 aliphatic carbocycles. The molecule has 4 aromatic rings. The van der Waals surface area contributed by atoms with Gasteiger partial charge in [-0.1, -0.05) is 35.9 Å². The Bertz CT molecular complexity index is 1300. The summed E-state index contributed by atoms with van der Waals surface area (Å²) >= 11 is 5.74. The van der Waals surface area contributed by atoms with Crippen LogP contribution in [0.5, 0.6) is 0 Å². The number of rotatable bonds is 5. The number of carboxylic acids is 1. The molecule has 5 rings (SSSR count). The highest BCUT2D eigenvalue weighted by atomic mass is 32.1. The highest BCUT2D eigenvalue weighted by Gasteiger charge is 2.42. The van der Waals surface area contributed by atoms with Crippen molar-refractivity contribution < 1.29 is 14.3 Å². The number of hydrogen-bond acceptors (Lipinski definition) is 4. The first-order valence-electron chi connectivity index (χ1n) is 10.5. The van der Waals surface area contributed by atoms with E-state index in [1.54, 1.807) is 30.5 Å². The predicted molar refractivity (Wildman–Crippen MR) is 130 cm³/mol. The lowest BCUT2D eigenvalue weighted by Crippen LogP contribution is -2.29. The minimum Gasteiger partial charge on any atom is -0.478 e. The Balaban J connectivity index is 1.56. The monoisotopic (exact) mass is 455 g/mol. The van der Waals surface area contributed by atoms with Crippen LogP contribution in [-0.2, 0) is 0 Å². The molecular formula is C26H21N3O3S. The van der Waals surface area contributed by atoms with Gasteiger partial charge < -0.3 is 19.7 Å². The fraction of sp³-hybridized carbons (Fsp3) is 0.115. The molecule has 1 saturated heterocycles. The first-order chi connectivity index (χ1) is 16.0. The highest BCUT2D eigenvalue weighted by Crippen LogP contribution is 2.42. The molecule has 2 aromatic carbocycles. The summed E-state index contributed by atoms with van der Waals surface area (Å²) in [5, 5.41) is 13.2. The van der Waals surface area contributed by atoms with Gasteiger partial charge in [-0.05, 0) is 67.7 Å². The average molecular weight is 456 g/mol. The fourth-order valence-electron chi connectivity index (χ4n) is 4.07. The van der Waals surface area contributed by atoms with Crippen LogP contribution in [-0.4, -0.2) is 21.2 Å². The van der Waals surface area contributed by atoms with Gasteiger partial charge in [0.1, 0.15) is 17.6 Å². The summed E-state index contributed by atoms with van der Waals surface area (Å²) in [7, 11) is 0. The number of aromatic nitrogens is 1. The van der Waals surface area contributed by atoms with Gasteiger partial charge in [-0.2, -0.15) is 0 Å². The van der Waals surface area contributed by atoms with E-state index in [-0.39, 0.29) is 17.6 Å². The predicted octanol–water partition coefficient (Wildman–Crippen LogP) is 5.53. The molecule has 33 heavy (non-hydrogen) atoms. The van der Waals surface area contributed by atoms with E-state index in [1.807, 2.05) is 49.4 Å². The summed E-state index contributed by atoms with van der Waals surface area (Å²) in [5.41, 5.74) is 4.03. The lowest BCUT2D eigenvalue weighted by molar-refractivity contribution is 0.0697. The number of thiocarbonyl (C=S) groups is 1. The topological polar surface area (TPSA) is 78.6 Å². The summed E-state index contributed by atoms with van der Waals surface area (Å²) in [6, 6.07) is 24.0. The van der Waals surface area contributed by atoms with Crippen LogP contribution >= 0.6 is 12.2 Å². The van der Waals surface area contributed by atoms with E-state index in [0.29, 0.717) is 10.9 Å². The summed E-state index contributed by atoms with van der Waals surface area (Å²) < 4.78 is 6.31. The molecule has 7 heteroatoms. The molecule has 1 aliphatic heterocycles. The third kappa shape index (κ3) is 3.99. The zero-order valence-electron chi connectivity index (χ0n) is 17.8. The summed E-state index contributed by atoms with van der Waals surface area (Å²) in [5.74, 6) is 0.429. The van der Waals surface area contributed by atoms with Crippen molar-refractivity contribution in [3.05, 3.63) is 108 Å². The molecule has 0 unspecified atom stereocenters. The third-order valence-corrected chi connectivity index (χ3v) is 6.06. The van der Waals surface area contributed by atoms with Gasteiger partial charge in [0.05, 0.1) is 17.3 Å².